The van der Waals surface area contributed by atoms with Gasteiger partial charge in [-0.25, -0.2) is 4.79 Å². The number of aliphatic hydroxyl groups is 1. The van der Waals surface area contributed by atoms with Crippen LogP contribution in [0.3, 0.4) is 0 Å². The highest BCUT2D eigenvalue weighted by Gasteiger charge is 2.39. The van der Waals surface area contributed by atoms with Crippen LogP contribution in [0.4, 0.5) is 4.79 Å². The van der Waals surface area contributed by atoms with Gasteiger partial charge in [0.2, 0.25) is 0 Å². The summed E-state index contributed by atoms with van der Waals surface area (Å²) in [7, 11) is 0. The van der Waals surface area contributed by atoms with Crippen molar-refractivity contribution in [3.05, 3.63) is 29.8 Å². The lowest BCUT2D eigenvalue weighted by molar-refractivity contribution is -0.0497. The van der Waals surface area contributed by atoms with Crippen LogP contribution in [0.1, 0.15) is 39.7 Å². The average molecular weight is 416 g/mol. The zero-order chi connectivity index (χ0) is 21.9. The topological polar surface area (TPSA) is 86.0 Å². The fourth-order valence-electron chi connectivity index (χ4n) is 4.38. The van der Waals surface area contributed by atoms with Crippen molar-refractivity contribution in [2.75, 3.05) is 39.3 Å². The van der Waals surface area contributed by atoms with Gasteiger partial charge in [-0.3, -0.25) is 4.90 Å². The summed E-state index contributed by atoms with van der Waals surface area (Å²) in [5.74, 6) is 1.42. The lowest BCUT2D eigenvalue weighted by atomic mass is 9.84. The molecule has 3 atom stereocenters. The van der Waals surface area contributed by atoms with E-state index in [4.69, 9.17) is 14.7 Å². The lowest BCUT2D eigenvalue weighted by Gasteiger charge is -2.47. The van der Waals surface area contributed by atoms with Crippen molar-refractivity contribution < 1.29 is 19.4 Å². The Labute approximate surface area is 179 Å². The third-order valence-electron chi connectivity index (χ3n) is 5.41. The van der Waals surface area contributed by atoms with Gasteiger partial charge >= 0.3 is 6.09 Å². The van der Waals surface area contributed by atoms with Gasteiger partial charge < -0.3 is 19.5 Å². The second-order valence-corrected chi connectivity index (χ2v) is 9.97. The molecule has 1 amide bonds. The molecular weight excluding hydrogens is 382 g/mol. The molecule has 2 fully saturated rings. The molecule has 7 nitrogen and oxygen atoms in total. The van der Waals surface area contributed by atoms with Gasteiger partial charge in [0.05, 0.1) is 11.6 Å². The Kier molecular flexibility index (Phi) is 6.59. The van der Waals surface area contributed by atoms with Crippen LogP contribution in [0.2, 0.25) is 0 Å². The first kappa shape index (κ1) is 22.4. The Morgan fingerprint density at radius 1 is 1.13 bits per heavy atom. The van der Waals surface area contributed by atoms with Gasteiger partial charge in [-0.1, -0.05) is 0 Å². The van der Waals surface area contributed by atoms with E-state index < -0.39 is 11.2 Å². The lowest BCUT2D eigenvalue weighted by Crippen LogP contribution is -2.57. The number of hydrogen-bond donors (Lipinski definition) is 1. The van der Waals surface area contributed by atoms with Crippen LogP contribution in [-0.2, 0) is 4.74 Å². The molecule has 1 aromatic carbocycles. The van der Waals surface area contributed by atoms with E-state index >= 15 is 0 Å². The molecule has 7 heteroatoms. The molecule has 2 aliphatic rings. The number of likely N-dealkylation sites (tertiary alicyclic amines) is 2. The largest absolute Gasteiger partial charge is 0.491 e. The van der Waals surface area contributed by atoms with Crippen LogP contribution in [0.5, 0.6) is 5.75 Å². The second-order valence-electron chi connectivity index (χ2n) is 9.97. The summed E-state index contributed by atoms with van der Waals surface area (Å²) in [4.78, 5) is 16.6. The molecule has 1 N–H and O–H groups in total. The van der Waals surface area contributed by atoms with Crippen LogP contribution in [0.15, 0.2) is 24.3 Å². The molecule has 30 heavy (non-hydrogen) atoms. The molecule has 2 unspecified atom stereocenters. The Morgan fingerprint density at radius 2 is 1.73 bits per heavy atom. The third-order valence-corrected chi connectivity index (χ3v) is 5.41. The molecular formula is C23H33N3O4. The van der Waals surface area contributed by atoms with Crippen molar-refractivity contribution in [2.24, 2.45) is 11.8 Å². The van der Waals surface area contributed by atoms with Crippen molar-refractivity contribution in [3.63, 3.8) is 0 Å². The predicted octanol–water partition coefficient (Wildman–Crippen LogP) is 2.88. The minimum atomic E-state index is -0.996. The highest BCUT2D eigenvalue weighted by molar-refractivity contribution is 5.68. The highest BCUT2D eigenvalue weighted by Crippen LogP contribution is 2.30. The van der Waals surface area contributed by atoms with Gasteiger partial charge in [-0.05, 0) is 70.2 Å². The Hall–Kier alpha value is -2.30. The molecule has 1 aromatic rings. The normalized spacial score (nSPS) is 23.9. The maximum absolute atomic E-state index is 12.4. The number of carbonyl (C=O) groups is 1. The predicted molar refractivity (Wildman–Crippen MR) is 113 cm³/mol. The maximum Gasteiger partial charge on any atom is 0.410 e. The van der Waals surface area contributed by atoms with Crippen molar-refractivity contribution in [2.45, 2.75) is 45.3 Å². The number of β-amino-alcohol motifs (C(OH)–C–C–N with tert-alkyl or cyclic N) is 1. The number of nitrogens with zero attached hydrogens (tertiary/aromatic N) is 3. The molecule has 0 aliphatic carbocycles. The number of rotatable bonds is 5. The van der Waals surface area contributed by atoms with E-state index in [2.05, 4.69) is 11.0 Å². The minimum absolute atomic E-state index is 0.175. The minimum Gasteiger partial charge on any atom is -0.491 e. The SMILES string of the molecule is CC(C)(C)OC(=O)N1CC2CC(CN(C[C@](C)(O)COc3ccc(C#N)cc3)C2)C1. The van der Waals surface area contributed by atoms with Crippen molar-refractivity contribution in [1.29, 1.82) is 5.26 Å². The molecule has 2 aliphatic heterocycles. The Balaban J connectivity index is 1.50. The van der Waals surface area contributed by atoms with Crippen molar-refractivity contribution in [1.82, 2.24) is 9.80 Å². The number of benzene rings is 1. The molecule has 0 spiro atoms. The molecule has 2 saturated heterocycles. The summed E-state index contributed by atoms with van der Waals surface area (Å²) in [6.45, 7) is 11.2. The molecule has 2 bridgehead atoms. The summed E-state index contributed by atoms with van der Waals surface area (Å²) in [5, 5.41) is 19.7. The van der Waals surface area contributed by atoms with E-state index in [1.807, 2.05) is 25.7 Å². The van der Waals surface area contributed by atoms with Crippen LogP contribution in [0.25, 0.3) is 0 Å². The highest BCUT2D eigenvalue weighted by atomic mass is 16.6. The quantitative estimate of drug-likeness (QED) is 0.796. The molecule has 3 rings (SSSR count). The summed E-state index contributed by atoms with van der Waals surface area (Å²) in [6, 6.07) is 8.96. The fraction of sp³-hybridized carbons (Fsp3) is 0.652. The molecule has 2 heterocycles. The van der Waals surface area contributed by atoms with Gasteiger partial charge in [0.1, 0.15) is 23.6 Å². The summed E-state index contributed by atoms with van der Waals surface area (Å²) in [6.07, 6.45) is 0.883. The average Bonchev–Trinajstić information content (AvgIpc) is 2.64. The monoisotopic (exact) mass is 415 g/mol. The number of fused-ring (bicyclic) bond motifs is 2. The zero-order valence-corrected chi connectivity index (χ0v) is 18.4. The number of ether oxygens (including phenoxy) is 2. The van der Waals surface area contributed by atoms with E-state index in [0.29, 0.717) is 42.8 Å². The first-order valence-corrected chi connectivity index (χ1v) is 10.6. The number of carbonyl (C=O) groups excluding carboxylic acids is 1. The Morgan fingerprint density at radius 3 is 2.27 bits per heavy atom. The summed E-state index contributed by atoms with van der Waals surface area (Å²) < 4.78 is 11.3. The summed E-state index contributed by atoms with van der Waals surface area (Å²) in [5.41, 5.74) is -0.900. The number of hydrogen-bond acceptors (Lipinski definition) is 6. The Bertz CT molecular complexity index is 765. The van der Waals surface area contributed by atoms with E-state index in [1.54, 1.807) is 31.2 Å². The van der Waals surface area contributed by atoms with E-state index in [1.165, 1.54) is 0 Å². The fourth-order valence-corrected chi connectivity index (χ4v) is 4.38. The third kappa shape index (κ3) is 6.35. The maximum atomic E-state index is 12.4. The van der Waals surface area contributed by atoms with Crippen LogP contribution in [-0.4, -0.2) is 71.5 Å². The standard InChI is InChI=1S/C23H33N3O4/c1-22(2,3)30-21(27)26-13-18-9-19(14-26)12-25(11-18)15-23(4,28)16-29-20-7-5-17(10-24)6-8-20/h5-8,18-19,28H,9,11-16H2,1-4H3/t18?,19?,23-/m0/s1. The number of piperidine rings is 2. The summed E-state index contributed by atoms with van der Waals surface area (Å²) >= 11 is 0. The van der Waals surface area contributed by atoms with Crippen LogP contribution in [0, 0.1) is 23.2 Å². The van der Waals surface area contributed by atoms with Crippen LogP contribution < -0.4 is 4.74 Å². The second kappa shape index (κ2) is 8.83. The van der Waals surface area contributed by atoms with Crippen molar-refractivity contribution in [3.8, 4) is 11.8 Å². The molecule has 0 radical (unpaired) electrons. The smallest absolute Gasteiger partial charge is 0.410 e. The van der Waals surface area contributed by atoms with E-state index in [0.717, 1.165) is 19.5 Å². The van der Waals surface area contributed by atoms with E-state index in [-0.39, 0.29) is 12.7 Å². The van der Waals surface area contributed by atoms with Gasteiger partial charge in [-0.2, -0.15) is 5.26 Å². The van der Waals surface area contributed by atoms with Gasteiger partial charge in [-0.15, -0.1) is 0 Å². The van der Waals surface area contributed by atoms with Crippen molar-refractivity contribution >= 4 is 6.09 Å². The van der Waals surface area contributed by atoms with Gasteiger partial charge in [0.25, 0.3) is 0 Å². The molecule has 164 valence electrons. The van der Waals surface area contributed by atoms with Gasteiger partial charge in [0, 0.05) is 32.7 Å². The zero-order valence-electron chi connectivity index (χ0n) is 18.4. The van der Waals surface area contributed by atoms with E-state index in [9.17, 15) is 9.90 Å². The van der Waals surface area contributed by atoms with Gasteiger partial charge in [0.15, 0.2) is 0 Å². The number of amides is 1. The number of nitriles is 1. The first-order chi connectivity index (χ1) is 14.0. The first-order valence-electron chi connectivity index (χ1n) is 10.6. The molecule has 0 aromatic heterocycles. The molecule has 0 saturated carbocycles. The van der Waals surface area contributed by atoms with Crippen LogP contribution >= 0.6 is 0 Å².